The first-order valence-corrected chi connectivity index (χ1v) is 12.5. The zero-order valence-electron chi connectivity index (χ0n) is 20.9. The topological polar surface area (TPSA) is 112 Å². The van der Waals surface area contributed by atoms with E-state index in [2.05, 4.69) is 30.5 Å². The Kier molecular flexibility index (Phi) is 5.59. The predicted octanol–water partition coefficient (Wildman–Crippen LogP) is 6.62. The molecule has 0 fully saturated rings. The summed E-state index contributed by atoms with van der Waals surface area (Å²) in [6, 6.07) is 25.0. The number of H-pyrrole nitrogens is 2. The lowest BCUT2D eigenvalue weighted by Crippen LogP contribution is -2.11. The fourth-order valence-electron chi connectivity index (χ4n) is 4.71. The SMILES string of the molecule is O=C(Nc1cncc(-c2cnc3[nH]nc(-c4nc5c(-c6ccc(F)cc6)cccc5[nH]4)c3c2)c1)c1ccccc1. The fraction of sp³-hybridized carbons (Fsp3) is 0. The molecule has 0 unspecified atom stereocenters. The Balaban J connectivity index is 1.25. The normalized spacial score (nSPS) is 11.2. The standard InChI is InChI=1S/C31H20FN7O/c32-22-11-9-18(10-12-22)24-7-4-8-26-27(24)37-30(36-26)28-25-14-21(16-34-29(25)39-38-28)20-13-23(17-33-15-20)35-31(40)19-5-2-1-3-6-19/h1-17H,(H,35,40)(H,36,37)(H,34,38,39). The van der Waals surface area contributed by atoms with Gasteiger partial charge in [0.05, 0.1) is 28.3 Å². The van der Waals surface area contributed by atoms with Crippen LogP contribution in [0.3, 0.4) is 0 Å². The van der Waals surface area contributed by atoms with Crippen LogP contribution in [0.5, 0.6) is 0 Å². The minimum absolute atomic E-state index is 0.213. The van der Waals surface area contributed by atoms with E-state index in [4.69, 9.17) is 4.98 Å². The van der Waals surface area contributed by atoms with Gasteiger partial charge in [-0.05, 0) is 48.0 Å². The number of aromatic nitrogens is 6. The van der Waals surface area contributed by atoms with Crippen molar-refractivity contribution >= 4 is 33.7 Å². The number of amides is 1. The lowest BCUT2D eigenvalue weighted by molar-refractivity contribution is 0.102. The maximum absolute atomic E-state index is 13.5. The summed E-state index contributed by atoms with van der Waals surface area (Å²) in [7, 11) is 0. The number of benzene rings is 3. The molecule has 0 saturated heterocycles. The summed E-state index contributed by atoms with van der Waals surface area (Å²) in [5, 5.41) is 11.2. The number of halogens is 1. The van der Waals surface area contributed by atoms with E-state index in [1.807, 2.05) is 48.5 Å². The molecule has 3 aromatic carbocycles. The zero-order chi connectivity index (χ0) is 27.1. The molecule has 7 rings (SSSR count). The first kappa shape index (κ1) is 23.4. The summed E-state index contributed by atoms with van der Waals surface area (Å²) in [4.78, 5) is 29.7. The minimum Gasteiger partial charge on any atom is -0.337 e. The number of para-hydroxylation sites is 1. The molecule has 0 bridgehead atoms. The van der Waals surface area contributed by atoms with Crippen LogP contribution in [0.25, 0.3) is 55.8 Å². The Morgan fingerprint density at radius 3 is 2.50 bits per heavy atom. The van der Waals surface area contributed by atoms with Gasteiger partial charge in [-0.15, -0.1) is 0 Å². The summed E-state index contributed by atoms with van der Waals surface area (Å²) >= 11 is 0. The van der Waals surface area contributed by atoms with Gasteiger partial charge in [0.15, 0.2) is 11.5 Å². The van der Waals surface area contributed by atoms with E-state index in [0.717, 1.165) is 38.7 Å². The number of rotatable bonds is 5. The number of nitrogens with one attached hydrogen (secondary N) is 3. The van der Waals surface area contributed by atoms with Crippen molar-refractivity contribution in [2.75, 3.05) is 5.32 Å². The second-order valence-corrected chi connectivity index (χ2v) is 9.27. The molecule has 0 aliphatic heterocycles. The van der Waals surface area contributed by atoms with E-state index in [-0.39, 0.29) is 11.7 Å². The average Bonchev–Trinajstić information content (AvgIpc) is 3.62. The summed E-state index contributed by atoms with van der Waals surface area (Å²) in [5.74, 6) is 0.0798. The largest absolute Gasteiger partial charge is 0.337 e. The molecule has 4 heterocycles. The highest BCUT2D eigenvalue weighted by Crippen LogP contribution is 2.33. The Morgan fingerprint density at radius 1 is 0.825 bits per heavy atom. The highest BCUT2D eigenvalue weighted by Gasteiger charge is 2.17. The highest BCUT2D eigenvalue weighted by molar-refractivity contribution is 6.04. The molecule has 7 aromatic rings. The number of carbonyl (C=O) groups is 1. The van der Waals surface area contributed by atoms with Crippen molar-refractivity contribution in [1.29, 1.82) is 0 Å². The molecule has 1 amide bonds. The summed E-state index contributed by atoms with van der Waals surface area (Å²) in [6.07, 6.45) is 5.05. The number of imidazole rings is 1. The van der Waals surface area contributed by atoms with E-state index in [1.165, 1.54) is 12.1 Å². The molecule has 3 N–H and O–H groups in total. The van der Waals surface area contributed by atoms with Crippen LogP contribution in [0, 0.1) is 5.82 Å². The van der Waals surface area contributed by atoms with Gasteiger partial charge in [0, 0.05) is 34.6 Å². The van der Waals surface area contributed by atoms with Crippen LogP contribution >= 0.6 is 0 Å². The highest BCUT2D eigenvalue weighted by atomic mass is 19.1. The van der Waals surface area contributed by atoms with E-state index >= 15 is 0 Å². The van der Waals surface area contributed by atoms with E-state index < -0.39 is 0 Å². The smallest absolute Gasteiger partial charge is 0.255 e. The van der Waals surface area contributed by atoms with Gasteiger partial charge in [-0.1, -0.05) is 42.5 Å². The van der Waals surface area contributed by atoms with Gasteiger partial charge in [0.1, 0.15) is 11.5 Å². The van der Waals surface area contributed by atoms with Crippen LogP contribution < -0.4 is 5.32 Å². The van der Waals surface area contributed by atoms with Crippen molar-refractivity contribution in [1.82, 2.24) is 30.1 Å². The molecule has 9 heteroatoms. The van der Waals surface area contributed by atoms with Gasteiger partial charge in [-0.25, -0.2) is 14.4 Å². The molecule has 0 spiro atoms. The maximum atomic E-state index is 13.5. The molecule has 8 nitrogen and oxygen atoms in total. The molecule has 0 aliphatic carbocycles. The van der Waals surface area contributed by atoms with Gasteiger partial charge in [-0.3, -0.25) is 14.9 Å². The zero-order valence-corrected chi connectivity index (χ0v) is 20.9. The minimum atomic E-state index is -0.288. The van der Waals surface area contributed by atoms with E-state index in [1.54, 1.807) is 42.9 Å². The van der Waals surface area contributed by atoms with Gasteiger partial charge < -0.3 is 10.3 Å². The maximum Gasteiger partial charge on any atom is 0.255 e. The molecule has 40 heavy (non-hydrogen) atoms. The van der Waals surface area contributed by atoms with Crippen LogP contribution in [-0.2, 0) is 0 Å². The fourth-order valence-corrected chi connectivity index (χ4v) is 4.71. The summed E-state index contributed by atoms with van der Waals surface area (Å²) in [5.41, 5.74) is 7.31. The third kappa shape index (κ3) is 4.25. The Morgan fingerprint density at radius 2 is 1.65 bits per heavy atom. The van der Waals surface area contributed by atoms with E-state index in [0.29, 0.717) is 28.4 Å². The van der Waals surface area contributed by atoms with Crippen LogP contribution in [0.4, 0.5) is 10.1 Å². The van der Waals surface area contributed by atoms with Crippen LogP contribution in [0.15, 0.2) is 104 Å². The molecule has 0 radical (unpaired) electrons. The first-order chi connectivity index (χ1) is 19.6. The number of aromatic amines is 2. The monoisotopic (exact) mass is 525 g/mol. The van der Waals surface area contributed by atoms with Gasteiger partial charge in [-0.2, -0.15) is 5.10 Å². The third-order valence-corrected chi connectivity index (χ3v) is 6.67. The summed E-state index contributed by atoms with van der Waals surface area (Å²) in [6.45, 7) is 0. The number of hydrogen-bond donors (Lipinski definition) is 3. The number of anilines is 1. The molecular formula is C31H20FN7O. The van der Waals surface area contributed by atoms with Crippen molar-refractivity contribution in [3.63, 3.8) is 0 Å². The lowest BCUT2D eigenvalue weighted by Gasteiger charge is -2.07. The number of carbonyl (C=O) groups excluding carboxylic acids is 1. The number of pyridine rings is 2. The van der Waals surface area contributed by atoms with Crippen LogP contribution in [0.1, 0.15) is 10.4 Å². The second-order valence-electron chi connectivity index (χ2n) is 9.27. The molecular weight excluding hydrogens is 505 g/mol. The van der Waals surface area contributed by atoms with Gasteiger partial charge in [0.25, 0.3) is 5.91 Å². The first-order valence-electron chi connectivity index (χ1n) is 12.5. The molecule has 192 valence electrons. The molecule has 0 atom stereocenters. The lowest BCUT2D eigenvalue weighted by atomic mass is 10.0. The number of fused-ring (bicyclic) bond motifs is 2. The Bertz CT molecular complexity index is 2010. The Hall–Kier alpha value is -5.70. The van der Waals surface area contributed by atoms with Crippen LogP contribution in [0.2, 0.25) is 0 Å². The number of hydrogen-bond acceptors (Lipinski definition) is 5. The third-order valence-electron chi connectivity index (χ3n) is 6.67. The number of nitrogens with zero attached hydrogens (tertiary/aromatic N) is 4. The molecule has 0 saturated carbocycles. The second kappa shape index (κ2) is 9.55. The quantitative estimate of drug-likeness (QED) is 0.234. The predicted molar refractivity (Wildman–Crippen MR) is 152 cm³/mol. The van der Waals surface area contributed by atoms with Crippen molar-refractivity contribution in [2.24, 2.45) is 0 Å². The molecule has 0 aliphatic rings. The van der Waals surface area contributed by atoms with Gasteiger partial charge >= 0.3 is 0 Å². The van der Waals surface area contributed by atoms with E-state index in [9.17, 15) is 9.18 Å². The summed E-state index contributed by atoms with van der Waals surface area (Å²) < 4.78 is 13.5. The average molecular weight is 526 g/mol. The van der Waals surface area contributed by atoms with Crippen molar-refractivity contribution < 1.29 is 9.18 Å². The van der Waals surface area contributed by atoms with Crippen molar-refractivity contribution in [2.45, 2.75) is 0 Å². The van der Waals surface area contributed by atoms with Crippen LogP contribution in [-0.4, -0.2) is 36.0 Å². The Labute approximate surface area is 227 Å². The molecule has 4 aromatic heterocycles. The van der Waals surface area contributed by atoms with Crippen molar-refractivity contribution in [3.8, 4) is 33.8 Å². The van der Waals surface area contributed by atoms with Gasteiger partial charge in [0.2, 0.25) is 0 Å². The van der Waals surface area contributed by atoms with Crippen molar-refractivity contribution in [3.05, 3.63) is 115 Å².